The van der Waals surface area contributed by atoms with Crippen molar-refractivity contribution < 1.29 is 0 Å². The van der Waals surface area contributed by atoms with Gasteiger partial charge in [0.1, 0.15) is 5.82 Å². The zero-order chi connectivity index (χ0) is 19.7. The monoisotopic (exact) mass is 377 g/mol. The van der Waals surface area contributed by atoms with E-state index in [4.69, 9.17) is 0 Å². The lowest BCUT2D eigenvalue weighted by Crippen LogP contribution is -2.27. The van der Waals surface area contributed by atoms with Gasteiger partial charge in [0.25, 0.3) is 5.56 Å². The summed E-state index contributed by atoms with van der Waals surface area (Å²) in [4.78, 5) is 16.6. The van der Waals surface area contributed by atoms with Gasteiger partial charge in [0, 0.05) is 48.4 Å². The zero-order valence-corrected chi connectivity index (χ0v) is 16.7. The number of nitrogens with zero attached hydrogens (tertiary/aromatic N) is 4. The first-order chi connectivity index (χ1) is 13.5. The van der Waals surface area contributed by atoms with E-state index in [0.717, 1.165) is 22.6 Å². The predicted molar refractivity (Wildman–Crippen MR) is 112 cm³/mol. The van der Waals surface area contributed by atoms with Gasteiger partial charge in [0.05, 0.1) is 11.9 Å². The third-order valence-electron chi connectivity index (χ3n) is 5.26. The Morgan fingerprint density at radius 3 is 2.71 bits per heavy atom. The summed E-state index contributed by atoms with van der Waals surface area (Å²) in [5, 5.41) is 8.00. The largest absolute Gasteiger partial charge is 0.367 e. The summed E-state index contributed by atoms with van der Waals surface area (Å²) in [6.45, 7) is 7.00. The van der Waals surface area contributed by atoms with Gasteiger partial charge in [0.2, 0.25) is 0 Å². The van der Waals surface area contributed by atoms with Crippen molar-refractivity contribution in [3.63, 3.8) is 0 Å². The van der Waals surface area contributed by atoms with Gasteiger partial charge in [-0.2, -0.15) is 5.10 Å². The van der Waals surface area contributed by atoms with E-state index < -0.39 is 0 Å². The molecule has 3 aromatic rings. The fourth-order valence-electron chi connectivity index (χ4n) is 3.49. The summed E-state index contributed by atoms with van der Waals surface area (Å²) >= 11 is 0. The fraction of sp³-hybridized carbons (Fsp3) is 0.409. The Bertz CT molecular complexity index is 1030. The molecule has 0 aromatic carbocycles. The van der Waals surface area contributed by atoms with Gasteiger partial charge in [0.15, 0.2) is 0 Å². The van der Waals surface area contributed by atoms with E-state index >= 15 is 0 Å². The number of aryl methyl sites for hydroxylation is 1. The molecule has 3 heterocycles. The first-order valence-corrected chi connectivity index (χ1v) is 9.98. The molecule has 0 amide bonds. The van der Waals surface area contributed by atoms with E-state index in [-0.39, 0.29) is 5.56 Å². The molecule has 1 aliphatic rings. The molecule has 1 saturated carbocycles. The Kier molecular flexibility index (Phi) is 5.03. The first kappa shape index (κ1) is 18.5. The lowest BCUT2D eigenvalue weighted by molar-refractivity contribution is 0.444. The highest BCUT2D eigenvalue weighted by atomic mass is 16.1. The van der Waals surface area contributed by atoms with E-state index in [0.29, 0.717) is 18.5 Å². The summed E-state index contributed by atoms with van der Waals surface area (Å²) in [7, 11) is 0. The highest BCUT2D eigenvalue weighted by Gasteiger charge is 2.17. The summed E-state index contributed by atoms with van der Waals surface area (Å²) in [5.41, 5.74) is 4.14. The van der Waals surface area contributed by atoms with Crippen molar-refractivity contribution in [2.45, 2.75) is 52.6 Å². The Morgan fingerprint density at radius 2 is 2.04 bits per heavy atom. The predicted octanol–water partition coefficient (Wildman–Crippen LogP) is 4.02. The summed E-state index contributed by atoms with van der Waals surface area (Å²) in [5.74, 6) is 1.35. The number of rotatable bonds is 6. The molecule has 6 heteroatoms. The molecule has 1 fully saturated rings. The number of aromatic nitrogens is 4. The molecule has 0 radical (unpaired) electrons. The minimum absolute atomic E-state index is 0.0134. The lowest BCUT2D eigenvalue weighted by atomic mass is 9.93. The van der Waals surface area contributed by atoms with Gasteiger partial charge in [-0.15, -0.1) is 0 Å². The Labute approximate surface area is 165 Å². The van der Waals surface area contributed by atoms with Crippen molar-refractivity contribution >= 4 is 5.82 Å². The average molecular weight is 377 g/mol. The minimum Gasteiger partial charge on any atom is -0.367 e. The van der Waals surface area contributed by atoms with Crippen LogP contribution in [0.3, 0.4) is 0 Å². The van der Waals surface area contributed by atoms with Crippen LogP contribution in [0, 0.1) is 12.8 Å². The van der Waals surface area contributed by atoms with Crippen LogP contribution < -0.4 is 10.9 Å². The molecule has 6 nitrogen and oxygen atoms in total. The Balaban J connectivity index is 1.58. The van der Waals surface area contributed by atoms with Crippen molar-refractivity contribution in [1.82, 2.24) is 19.3 Å². The first-order valence-electron chi connectivity index (χ1n) is 9.98. The van der Waals surface area contributed by atoms with Crippen LogP contribution in [-0.2, 0) is 6.54 Å². The molecular weight excluding hydrogens is 350 g/mol. The number of hydrogen-bond acceptors (Lipinski definition) is 4. The van der Waals surface area contributed by atoms with Gasteiger partial charge < -0.3 is 9.88 Å². The maximum atomic E-state index is 12.1. The number of pyridine rings is 2. The quantitative estimate of drug-likeness (QED) is 0.704. The standard InChI is InChI=1S/C22H27N5O/c1-15(2)12-26-14-19(7-8-22(26)28)27-13-17(10-24-27)20-11-23-21(9-16(20)3)25-18-5-4-6-18/h7-11,13-15,18H,4-6,12H2,1-3H3,(H,23,25). The van der Waals surface area contributed by atoms with Gasteiger partial charge in [-0.05, 0) is 49.8 Å². The molecule has 0 aliphatic heterocycles. The van der Waals surface area contributed by atoms with Crippen LogP contribution in [0.2, 0.25) is 0 Å². The van der Waals surface area contributed by atoms with E-state index in [2.05, 4.69) is 42.2 Å². The number of anilines is 1. The number of hydrogen-bond donors (Lipinski definition) is 1. The van der Waals surface area contributed by atoms with Crippen LogP contribution >= 0.6 is 0 Å². The summed E-state index contributed by atoms with van der Waals surface area (Å²) < 4.78 is 3.56. The van der Waals surface area contributed by atoms with Crippen molar-refractivity contribution in [3.05, 3.63) is 58.9 Å². The van der Waals surface area contributed by atoms with Crippen molar-refractivity contribution in [2.75, 3.05) is 5.32 Å². The van der Waals surface area contributed by atoms with E-state index in [1.54, 1.807) is 10.6 Å². The maximum Gasteiger partial charge on any atom is 0.250 e. The molecule has 146 valence electrons. The number of nitrogens with one attached hydrogen (secondary N) is 1. The van der Waals surface area contributed by atoms with Crippen LogP contribution in [0.15, 0.2) is 47.8 Å². The van der Waals surface area contributed by atoms with Gasteiger partial charge in [-0.1, -0.05) is 13.8 Å². The fourth-order valence-corrected chi connectivity index (χ4v) is 3.49. The van der Waals surface area contributed by atoms with Crippen LogP contribution in [0.5, 0.6) is 0 Å². The second-order valence-corrected chi connectivity index (χ2v) is 8.10. The lowest BCUT2D eigenvalue weighted by Gasteiger charge is -2.27. The van der Waals surface area contributed by atoms with Gasteiger partial charge in [-0.3, -0.25) is 4.79 Å². The third-order valence-corrected chi connectivity index (χ3v) is 5.26. The molecule has 0 unspecified atom stereocenters. The Morgan fingerprint density at radius 1 is 1.21 bits per heavy atom. The van der Waals surface area contributed by atoms with E-state index in [1.807, 2.05) is 35.5 Å². The van der Waals surface area contributed by atoms with Crippen molar-refractivity contribution in [1.29, 1.82) is 0 Å². The highest BCUT2D eigenvalue weighted by molar-refractivity contribution is 5.67. The van der Waals surface area contributed by atoms with Gasteiger partial charge >= 0.3 is 0 Å². The summed E-state index contributed by atoms with van der Waals surface area (Å²) in [6, 6.07) is 6.09. The molecule has 0 saturated heterocycles. The van der Waals surface area contributed by atoms with Crippen LogP contribution in [-0.4, -0.2) is 25.4 Å². The maximum absolute atomic E-state index is 12.1. The molecule has 1 N–H and O–H groups in total. The van der Waals surface area contributed by atoms with E-state index in [1.165, 1.54) is 24.8 Å². The molecule has 0 atom stereocenters. The smallest absolute Gasteiger partial charge is 0.250 e. The topological polar surface area (TPSA) is 64.7 Å². The van der Waals surface area contributed by atoms with Crippen LogP contribution in [0.25, 0.3) is 16.8 Å². The third kappa shape index (κ3) is 3.86. The molecule has 0 spiro atoms. The molecule has 4 rings (SSSR count). The van der Waals surface area contributed by atoms with E-state index in [9.17, 15) is 4.79 Å². The van der Waals surface area contributed by atoms with Crippen LogP contribution in [0.4, 0.5) is 5.82 Å². The van der Waals surface area contributed by atoms with Crippen LogP contribution in [0.1, 0.15) is 38.7 Å². The zero-order valence-electron chi connectivity index (χ0n) is 16.7. The normalized spacial score (nSPS) is 14.3. The van der Waals surface area contributed by atoms with Crippen molar-refractivity contribution in [2.24, 2.45) is 5.92 Å². The van der Waals surface area contributed by atoms with Gasteiger partial charge in [-0.25, -0.2) is 9.67 Å². The Hall–Kier alpha value is -2.89. The second kappa shape index (κ2) is 7.62. The molecule has 0 bridgehead atoms. The molecule has 3 aromatic heterocycles. The minimum atomic E-state index is 0.0134. The average Bonchev–Trinajstić information content (AvgIpc) is 3.09. The molecule has 1 aliphatic carbocycles. The SMILES string of the molecule is Cc1cc(NC2CCC2)ncc1-c1cnn(-c2ccc(=O)n(CC(C)C)c2)c1. The van der Waals surface area contributed by atoms with Crippen molar-refractivity contribution in [3.8, 4) is 16.8 Å². The molecule has 28 heavy (non-hydrogen) atoms. The molecular formula is C22H27N5O. The highest BCUT2D eigenvalue weighted by Crippen LogP contribution is 2.27. The second-order valence-electron chi connectivity index (χ2n) is 8.10. The summed E-state index contributed by atoms with van der Waals surface area (Å²) in [6.07, 6.45) is 11.4.